The van der Waals surface area contributed by atoms with Crippen LogP contribution >= 0.6 is 11.3 Å². The minimum absolute atomic E-state index is 0.0559. The average molecular weight is 471 g/mol. The maximum atomic E-state index is 13.1. The number of thiazole rings is 1. The van der Waals surface area contributed by atoms with E-state index in [0.29, 0.717) is 12.1 Å². The first-order valence-corrected chi connectivity index (χ1v) is 13.9. The van der Waals surface area contributed by atoms with Crippen LogP contribution in [0.2, 0.25) is 0 Å². The van der Waals surface area contributed by atoms with Crippen molar-refractivity contribution in [3.8, 4) is 0 Å². The van der Waals surface area contributed by atoms with E-state index < -0.39 is 0 Å². The van der Waals surface area contributed by atoms with Gasteiger partial charge in [0.15, 0.2) is 5.13 Å². The maximum absolute atomic E-state index is 13.1. The SMILES string of the molecule is CCC(C)N(CCNC(=O)C1CCCN(c2nc3c(C)cc(C)cc3s2)C1)C1CCCCC1. The van der Waals surface area contributed by atoms with Crippen molar-refractivity contribution >= 4 is 32.6 Å². The van der Waals surface area contributed by atoms with Gasteiger partial charge in [-0.1, -0.05) is 43.6 Å². The van der Waals surface area contributed by atoms with Crippen LogP contribution in [0.5, 0.6) is 0 Å². The third kappa shape index (κ3) is 5.89. The van der Waals surface area contributed by atoms with Crippen LogP contribution < -0.4 is 10.2 Å². The van der Waals surface area contributed by atoms with Crippen LogP contribution in [0.25, 0.3) is 10.2 Å². The molecule has 2 heterocycles. The number of hydrogen-bond donors (Lipinski definition) is 1. The number of fused-ring (bicyclic) bond motifs is 1. The zero-order chi connectivity index (χ0) is 23.4. The second-order valence-corrected chi connectivity index (χ2v) is 11.3. The molecule has 2 aliphatic rings. The molecule has 0 bridgehead atoms. The molecule has 4 rings (SSSR count). The molecule has 1 aromatic carbocycles. The normalized spacial score (nSPS) is 21.0. The predicted octanol–water partition coefficient (Wildman–Crippen LogP) is 5.68. The number of carbonyl (C=O) groups excluding carboxylic acids is 1. The van der Waals surface area contributed by atoms with E-state index in [4.69, 9.17) is 4.98 Å². The van der Waals surface area contributed by atoms with E-state index in [1.165, 1.54) is 54.4 Å². The van der Waals surface area contributed by atoms with Crippen molar-refractivity contribution in [2.24, 2.45) is 5.92 Å². The summed E-state index contributed by atoms with van der Waals surface area (Å²) in [5.74, 6) is 0.279. The summed E-state index contributed by atoms with van der Waals surface area (Å²) < 4.78 is 1.25. The highest BCUT2D eigenvalue weighted by atomic mass is 32.1. The van der Waals surface area contributed by atoms with Gasteiger partial charge in [0.05, 0.1) is 16.1 Å². The molecule has 182 valence electrons. The highest BCUT2D eigenvalue weighted by Crippen LogP contribution is 2.33. The van der Waals surface area contributed by atoms with Gasteiger partial charge in [0, 0.05) is 38.3 Å². The standard InChI is InChI=1S/C27H42N4OS/c1-5-21(4)31(23-11-7-6-8-12-23)15-13-28-26(32)22-10-9-14-30(18-22)27-29-25-20(3)16-19(2)17-24(25)33-27/h16-17,21-23H,5-15,18H2,1-4H3,(H,28,32). The Morgan fingerprint density at radius 3 is 2.76 bits per heavy atom. The second-order valence-electron chi connectivity index (χ2n) is 10.3. The van der Waals surface area contributed by atoms with Crippen LogP contribution in [0.15, 0.2) is 12.1 Å². The molecular formula is C27H42N4OS. The van der Waals surface area contributed by atoms with Gasteiger partial charge in [-0.15, -0.1) is 0 Å². The van der Waals surface area contributed by atoms with Crippen molar-refractivity contribution < 1.29 is 4.79 Å². The van der Waals surface area contributed by atoms with Gasteiger partial charge in [-0.3, -0.25) is 9.69 Å². The number of nitrogens with one attached hydrogen (secondary N) is 1. The fourth-order valence-electron chi connectivity index (χ4n) is 5.72. The van der Waals surface area contributed by atoms with Crippen LogP contribution in [0.1, 0.15) is 76.3 Å². The lowest BCUT2D eigenvalue weighted by Crippen LogP contribution is -2.48. The van der Waals surface area contributed by atoms with E-state index >= 15 is 0 Å². The van der Waals surface area contributed by atoms with Crippen LogP contribution in [0.3, 0.4) is 0 Å². The summed E-state index contributed by atoms with van der Waals surface area (Å²) in [6.45, 7) is 12.4. The number of nitrogens with zero attached hydrogens (tertiary/aromatic N) is 3. The molecule has 1 amide bonds. The Morgan fingerprint density at radius 1 is 1.21 bits per heavy atom. The third-order valence-electron chi connectivity index (χ3n) is 7.75. The number of benzene rings is 1. The van der Waals surface area contributed by atoms with Gasteiger partial charge in [0.2, 0.25) is 5.91 Å². The summed E-state index contributed by atoms with van der Waals surface area (Å²) in [5.41, 5.74) is 3.63. The van der Waals surface area contributed by atoms with Gasteiger partial charge < -0.3 is 10.2 Å². The third-order valence-corrected chi connectivity index (χ3v) is 8.81. The highest BCUT2D eigenvalue weighted by Gasteiger charge is 2.28. The molecule has 2 atom stereocenters. The Morgan fingerprint density at radius 2 is 2.00 bits per heavy atom. The highest BCUT2D eigenvalue weighted by molar-refractivity contribution is 7.22. The van der Waals surface area contributed by atoms with Crippen LogP contribution in [-0.2, 0) is 4.79 Å². The lowest BCUT2D eigenvalue weighted by atomic mass is 9.93. The zero-order valence-corrected chi connectivity index (χ0v) is 21.8. The number of carbonyl (C=O) groups is 1. The Bertz CT molecular complexity index is 936. The van der Waals surface area contributed by atoms with E-state index in [-0.39, 0.29) is 11.8 Å². The Balaban J connectivity index is 1.33. The molecular weight excluding hydrogens is 428 g/mol. The van der Waals surface area contributed by atoms with Gasteiger partial charge in [0.25, 0.3) is 0 Å². The van der Waals surface area contributed by atoms with Crippen molar-refractivity contribution in [3.63, 3.8) is 0 Å². The molecule has 1 aliphatic carbocycles. The molecule has 1 N–H and O–H groups in total. The van der Waals surface area contributed by atoms with Crippen molar-refractivity contribution in [3.05, 3.63) is 23.3 Å². The van der Waals surface area contributed by atoms with Crippen molar-refractivity contribution in [2.75, 3.05) is 31.1 Å². The number of amides is 1. The molecule has 2 aromatic rings. The van der Waals surface area contributed by atoms with Crippen LogP contribution in [0, 0.1) is 19.8 Å². The fraction of sp³-hybridized carbons (Fsp3) is 0.704. The van der Waals surface area contributed by atoms with E-state index in [9.17, 15) is 4.79 Å². The summed E-state index contributed by atoms with van der Waals surface area (Å²) in [7, 11) is 0. The molecule has 6 heteroatoms. The number of hydrogen-bond acceptors (Lipinski definition) is 5. The summed E-state index contributed by atoms with van der Waals surface area (Å²) in [4.78, 5) is 23.0. The minimum atomic E-state index is 0.0559. The Kier molecular flexibility index (Phi) is 8.29. The van der Waals surface area contributed by atoms with E-state index in [1.54, 1.807) is 11.3 Å². The van der Waals surface area contributed by atoms with Crippen LogP contribution in [-0.4, -0.2) is 54.1 Å². The van der Waals surface area contributed by atoms with Crippen molar-refractivity contribution in [1.82, 2.24) is 15.2 Å². The molecule has 2 fully saturated rings. The molecule has 33 heavy (non-hydrogen) atoms. The van der Waals surface area contributed by atoms with Gasteiger partial charge in [0.1, 0.15) is 0 Å². The number of piperidine rings is 1. The molecule has 0 radical (unpaired) electrons. The Labute approximate surface area is 203 Å². The molecule has 1 aromatic heterocycles. The van der Waals surface area contributed by atoms with Crippen molar-refractivity contribution in [2.45, 2.75) is 91.1 Å². The van der Waals surface area contributed by atoms with E-state index in [0.717, 1.165) is 49.7 Å². The monoisotopic (exact) mass is 470 g/mol. The second kappa shape index (κ2) is 11.2. The number of anilines is 1. The maximum Gasteiger partial charge on any atom is 0.224 e. The van der Waals surface area contributed by atoms with Gasteiger partial charge in [-0.2, -0.15) is 0 Å². The largest absolute Gasteiger partial charge is 0.355 e. The molecule has 1 aliphatic heterocycles. The van der Waals surface area contributed by atoms with Crippen molar-refractivity contribution in [1.29, 1.82) is 0 Å². The zero-order valence-electron chi connectivity index (χ0n) is 21.0. The first-order chi connectivity index (χ1) is 16.0. The topological polar surface area (TPSA) is 48.5 Å². The average Bonchev–Trinajstić information content (AvgIpc) is 3.26. The molecule has 1 saturated carbocycles. The molecule has 5 nitrogen and oxygen atoms in total. The lowest BCUT2D eigenvalue weighted by Gasteiger charge is -2.38. The van der Waals surface area contributed by atoms with Crippen LogP contribution in [0.4, 0.5) is 5.13 Å². The minimum Gasteiger partial charge on any atom is -0.355 e. The Hall–Kier alpha value is -1.66. The predicted molar refractivity (Wildman–Crippen MR) is 140 cm³/mol. The number of aryl methyl sites for hydroxylation is 2. The van der Waals surface area contributed by atoms with E-state index in [2.05, 4.69) is 54.9 Å². The summed E-state index contributed by atoms with van der Waals surface area (Å²) in [5, 5.41) is 4.36. The quantitative estimate of drug-likeness (QED) is 0.539. The number of rotatable bonds is 8. The lowest BCUT2D eigenvalue weighted by molar-refractivity contribution is -0.125. The fourth-order valence-corrected chi connectivity index (χ4v) is 6.90. The van der Waals surface area contributed by atoms with E-state index in [1.807, 2.05) is 0 Å². The number of aromatic nitrogens is 1. The summed E-state index contributed by atoms with van der Waals surface area (Å²) >= 11 is 1.77. The molecule has 0 spiro atoms. The first kappa shape index (κ1) is 24.5. The van der Waals surface area contributed by atoms with Gasteiger partial charge in [-0.25, -0.2) is 4.98 Å². The first-order valence-electron chi connectivity index (χ1n) is 13.1. The molecule has 1 saturated heterocycles. The molecule has 2 unspecified atom stereocenters. The smallest absolute Gasteiger partial charge is 0.224 e. The van der Waals surface area contributed by atoms with Gasteiger partial charge >= 0.3 is 0 Å². The van der Waals surface area contributed by atoms with Gasteiger partial charge in [-0.05, 0) is 70.1 Å². The summed E-state index contributed by atoms with van der Waals surface area (Å²) in [6, 6.07) is 5.71. The summed E-state index contributed by atoms with van der Waals surface area (Å²) in [6.07, 6.45) is 9.92.